The molecule has 2 saturated heterocycles. The van der Waals surface area contributed by atoms with Gasteiger partial charge in [-0.25, -0.2) is 0 Å². The van der Waals surface area contributed by atoms with Crippen molar-refractivity contribution in [3.63, 3.8) is 0 Å². The van der Waals surface area contributed by atoms with E-state index in [1.54, 1.807) is 48.5 Å². The number of benzene rings is 2. The Morgan fingerprint density at radius 1 is 0.808 bits per heavy atom. The topological polar surface area (TPSA) is 77.7 Å². The van der Waals surface area contributed by atoms with Crippen molar-refractivity contribution in [3.8, 4) is 11.5 Å². The maximum Gasteiger partial charge on any atom is 0.233 e. The minimum atomic E-state index is -0.583. The van der Waals surface area contributed by atoms with E-state index in [2.05, 4.69) is 0 Å². The fourth-order valence-corrected chi connectivity index (χ4v) is 2.42. The van der Waals surface area contributed by atoms with E-state index >= 15 is 0 Å². The standard InChI is InChI=1S/C20H18O6/c21-19(13-3-1-5-15(7-13)23-9-17-11-25-17)20(22)14-4-2-6-16(8-14)24-10-18-12-26-18/h1-8,17-18H,9-12H2. The van der Waals surface area contributed by atoms with Crippen LogP contribution in [0.1, 0.15) is 20.7 Å². The van der Waals surface area contributed by atoms with Gasteiger partial charge in [0.1, 0.15) is 36.9 Å². The lowest BCUT2D eigenvalue weighted by Crippen LogP contribution is -2.15. The van der Waals surface area contributed by atoms with E-state index in [0.29, 0.717) is 49.1 Å². The Bertz CT molecular complexity index is 753. The lowest BCUT2D eigenvalue weighted by atomic mass is 10.0. The summed E-state index contributed by atoms with van der Waals surface area (Å²) in [4.78, 5) is 25.1. The molecule has 2 atom stereocenters. The van der Waals surface area contributed by atoms with Crippen LogP contribution in [0.2, 0.25) is 0 Å². The molecule has 0 saturated carbocycles. The fraction of sp³-hybridized carbons (Fsp3) is 0.300. The molecule has 2 heterocycles. The maximum absolute atomic E-state index is 12.5. The van der Waals surface area contributed by atoms with E-state index in [1.165, 1.54) is 0 Å². The van der Waals surface area contributed by atoms with Crippen LogP contribution in [0.4, 0.5) is 0 Å². The molecule has 0 aromatic heterocycles. The van der Waals surface area contributed by atoms with E-state index < -0.39 is 11.6 Å². The second kappa shape index (κ2) is 7.27. The minimum Gasteiger partial charge on any atom is -0.491 e. The zero-order valence-corrected chi connectivity index (χ0v) is 14.1. The van der Waals surface area contributed by atoms with Crippen LogP contribution in [0.3, 0.4) is 0 Å². The molecule has 2 unspecified atom stereocenters. The Morgan fingerprint density at radius 2 is 1.23 bits per heavy atom. The van der Waals surface area contributed by atoms with Gasteiger partial charge in [-0.15, -0.1) is 0 Å². The molecule has 2 fully saturated rings. The summed E-state index contributed by atoms with van der Waals surface area (Å²) in [6.07, 6.45) is 0.250. The number of carbonyl (C=O) groups is 2. The minimum absolute atomic E-state index is 0.125. The average Bonchev–Trinajstić information content (AvgIpc) is 3.58. The quantitative estimate of drug-likeness (QED) is 0.391. The molecule has 2 aromatic carbocycles. The van der Waals surface area contributed by atoms with Crippen LogP contribution in [0.15, 0.2) is 48.5 Å². The molecule has 0 amide bonds. The lowest BCUT2D eigenvalue weighted by molar-refractivity contribution is 0.0816. The number of hydrogen-bond donors (Lipinski definition) is 0. The summed E-state index contributed by atoms with van der Waals surface area (Å²) in [6.45, 7) is 2.27. The van der Waals surface area contributed by atoms with Crippen molar-refractivity contribution in [2.75, 3.05) is 26.4 Å². The van der Waals surface area contributed by atoms with Crippen molar-refractivity contribution >= 4 is 11.6 Å². The van der Waals surface area contributed by atoms with Gasteiger partial charge in [0.25, 0.3) is 0 Å². The van der Waals surface area contributed by atoms with Crippen molar-refractivity contribution in [2.24, 2.45) is 0 Å². The molecular formula is C20H18O6. The summed E-state index contributed by atoms with van der Waals surface area (Å²) in [6, 6.07) is 13.2. The molecule has 0 radical (unpaired) electrons. The number of rotatable bonds is 9. The number of Topliss-reactive ketones (excluding diaryl/α,β-unsaturated/α-hetero) is 2. The van der Waals surface area contributed by atoms with Crippen LogP contribution in [-0.2, 0) is 9.47 Å². The van der Waals surface area contributed by atoms with Crippen LogP contribution < -0.4 is 9.47 Å². The molecular weight excluding hydrogens is 336 g/mol. The first-order valence-electron chi connectivity index (χ1n) is 8.47. The Kier molecular flexibility index (Phi) is 4.69. The molecule has 134 valence electrons. The largest absolute Gasteiger partial charge is 0.491 e. The monoisotopic (exact) mass is 354 g/mol. The van der Waals surface area contributed by atoms with Gasteiger partial charge < -0.3 is 18.9 Å². The fourth-order valence-electron chi connectivity index (χ4n) is 2.42. The highest BCUT2D eigenvalue weighted by atomic mass is 16.6. The first kappa shape index (κ1) is 16.8. The van der Waals surface area contributed by atoms with Crippen molar-refractivity contribution in [1.29, 1.82) is 0 Å². The van der Waals surface area contributed by atoms with Gasteiger partial charge in [-0.3, -0.25) is 9.59 Å². The first-order chi connectivity index (χ1) is 12.7. The molecule has 6 heteroatoms. The summed E-state index contributed by atoms with van der Waals surface area (Å²) >= 11 is 0. The smallest absolute Gasteiger partial charge is 0.233 e. The first-order valence-corrected chi connectivity index (χ1v) is 8.47. The van der Waals surface area contributed by atoms with E-state index in [0.717, 1.165) is 0 Å². The summed E-state index contributed by atoms with van der Waals surface area (Å²) in [5.74, 6) is -0.0806. The van der Waals surface area contributed by atoms with Gasteiger partial charge >= 0.3 is 0 Å². The normalized spacial score (nSPS) is 20.3. The molecule has 2 aromatic rings. The van der Waals surface area contributed by atoms with E-state index in [-0.39, 0.29) is 12.2 Å². The van der Waals surface area contributed by atoms with Gasteiger partial charge in [-0.05, 0) is 24.3 Å². The molecule has 6 nitrogen and oxygen atoms in total. The summed E-state index contributed by atoms with van der Waals surface area (Å²) in [5, 5.41) is 0. The number of ketones is 2. The summed E-state index contributed by atoms with van der Waals surface area (Å²) in [5.41, 5.74) is 0.587. The molecule has 0 bridgehead atoms. The van der Waals surface area contributed by atoms with Crippen molar-refractivity contribution < 1.29 is 28.5 Å². The Balaban J connectivity index is 1.44. The second-order valence-corrected chi connectivity index (χ2v) is 6.25. The molecule has 0 aliphatic carbocycles. The highest BCUT2D eigenvalue weighted by Crippen LogP contribution is 2.20. The zero-order valence-electron chi connectivity index (χ0n) is 14.1. The molecule has 0 spiro atoms. The van der Waals surface area contributed by atoms with E-state index in [9.17, 15) is 9.59 Å². The molecule has 26 heavy (non-hydrogen) atoms. The van der Waals surface area contributed by atoms with Gasteiger partial charge in [-0.2, -0.15) is 0 Å². The van der Waals surface area contributed by atoms with Gasteiger partial charge in [-0.1, -0.05) is 24.3 Å². The van der Waals surface area contributed by atoms with Crippen molar-refractivity contribution in [2.45, 2.75) is 12.2 Å². The average molecular weight is 354 g/mol. The highest BCUT2D eigenvalue weighted by Gasteiger charge is 2.25. The molecule has 0 N–H and O–H groups in total. The van der Waals surface area contributed by atoms with Crippen molar-refractivity contribution in [3.05, 3.63) is 59.7 Å². The summed E-state index contributed by atoms with van der Waals surface area (Å²) < 4.78 is 21.3. The Morgan fingerprint density at radius 3 is 1.62 bits per heavy atom. The second-order valence-electron chi connectivity index (χ2n) is 6.25. The summed E-state index contributed by atoms with van der Waals surface area (Å²) in [7, 11) is 0. The molecule has 4 rings (SSSR count). The van der Waals surface area contributed by atoms with E-state index in [1.807, 2.05) is 0 Å². The van der Waals surface area contributed by atoms with Crippen LogP contribution in [-0.4, -0.2) is 50.2 Å². The van der Waals surface area contributed by atoms with Crippen LogP contribution in [0, 0.1) is 0 Å². The van der Waals surface area contributed by atoms with Crippen LogP contribution >= 0.6 is 0 Å². The SMILES string of the molecule is O=C(C(=O)c1cccc(OCC2CO2)c1)c1cccc(OCC2CO2)c1. The predicted molar refractivity (Wildman–Crippen MR) is 92.0 cm³/mol. The van der Waals surface area contributed by atoms with Crippen molar-refractivity contribution in [1.82, 2.24) is 0 Å². The third kappa shape index (κ3) is 4.28. The number of epoxide rings is 2. The third-order valence-corrected chi connectivity index (χ3v) is 4.08. The predicted octanol–water partition coefficient (Wildman–Crippen LogP) is 2.31. The van der Waals surface area contributed by atoms with Crippen LogP contribution in [0.5, 0.6) is 11.5 Å². The van der Waals surface area contributed by atoms with Gasteiger partial charge in [0.2, 0.25) is 11.6 Å². The third-order valence-electron chi connectivity index (χ3n) is 4.08. The Hall–Kier alpha value is -2.70. The maximum atomic E-state index is 12.5. The van der Waals surface area contributed by atoms with Gasteiger partial charge in [0.05, 0.1) is 13.2 Å². The Labute approximate surface area is 150 Å². The van der Waals surface area contributed by atoms with Crippen LogP contribution in [0.25, 0.3) is 0 Å². The van der Waals surface area contributed by atoms with E-state index in [4.69, 9.17) is 18.9 Å². The molecule has 2 aliphatic heterocycles. The zero-order chi connectivity index (χ0) is 17.9. The number of hydrogen-bond acceptors (Lipinski definition) is 6. The van der Waals surface area contributed by atoms with Gasteiger partial charge in [0.15, 0.2) is 0 Å². The lowest BCUT2D eigenvalue weighted by Gasteiger charge is -2.08. The highest BCUT2D eigenvalue weighted by molar-refractivity contribution is 6.49. The number of carbonyl (C=O) groups excluding carboxylic acids is 2. The number of ether oxygens (including phenoxy) is 4. The molecule has 2 aliphatic rings. The van der Waals surface area contributed by atoms with Gasteiger partial charge in [0, 0.05) is 11.1 Å².